The van der Waals surface area contributed by atoms with Gasteiger partial charge in [0.15, 0.2) is 0 Å². The van der Waals surface area contributed by atoms with Crippen LogP contribution in [0.5, 0.6) is 0 Å². The average Bonchev–Trinajstić information content (AvgIpc) is 2.43. The van der Waals surface area contributed by atoms with Crippen molar-refractivity contribution in [3.05, 3.63) is 17.2 Å². The van der Waals surface area contributed by atoms with Crippen LogP contribution in [0, 0.1) is 19.8 Å². The number of fused-ring (bicyclic) bond motifs is 1. The molecule has 0 fully saturated rings. The molecule has 0 saturated heterocycles. The lowest BCUT2D eigenvalue weighted by Crippen LogP contribution is -2.26. The Morgan fingerprint density at radius 2 is 2.31 bits per heavy atom. The molecule has 3 nitrogen and oxygen atoms in total. The summed E-state index contributed by atoms with van der Waals surface area (Å²) in [6, 6.07) is 0. The molecular formula is C10H17N3. The smallest absolute Gasteiger partial charge is 0.109 e. The molecule has 13 heavy (non-hydrogen) atoms. The van der Waals surface area contributed by atoms with Gasteiger partial charge in [-0.25, -0.2) is 4.98 Å². The van der Waals surface area contributed by atoms with Crippen LogP contribution in [0.4, 0.5) is 0 Å². The fourth-order valence-electron chi connectivity index (χ4n) is 2.03. The Morgan fingerprint density at radius 1 is 1.54 bits per heavy atom. The van der Waals surface area contributed by atoms with E-state index in [1.165, 1.54) is 23.6 Å². The van der Waals surface area contributed by atoms with E-state index in [1.807, 2.05) is 0 Å². The number of hydrogen-bond donors (Lipinski definition) is 1. The summed E-state index contributed by atoms with van der Waals surface area (Å²) >= 11 is 0. The molecular weight excluding hydrogens is 162 g/mol. The van der Waals surface area contributed by atoms with Crippen molar-refractivity contribution in [3.63, 3.8) is 0 Å². The second-order valence-corrected chi connectivity index (χ2v) is 3.95. The summed E-state index contributed by atoms with van der Waals surface area (Å²) in [5.74, 6) is 1.90. The van der Waals surface area contributed by atoms with Gasteiger partial charge in [-0.2, -0.15) is 0 Å². The molecule has 0 aromatic carbocycles. The standard InChI is InChI=1S/C10H17N3/c1-7-8(2)13-6-9(5-11)3-4-10(13)12-7/h9H,3-6,11H2,1-2H3. The fourth-order valence-corrected chi connectivity index (χ4v) is 2.03. The highest BCUT2D eigenvalue weighted by Crippen LogP contribution is 2.21. The molecule has 1 aromatic rings. The summed E-state index contributed by atoms with van der Waals surface area (Å²) in [5.41, 5.74) is 8.17. The minimum absolute atomic E-state index is 0.653. The Labute approximate surface area is 79.0 Å². The Bertz CT molecular complexity index is 314. The summed E-state index contributed by atoms with van der Waals surface area (Å²) < 4.78 is 2.33. The highest BCUT2D eigenvalue weighted by Gasteiger charge is 2.20. The molecule has 0 aliphatic carbocycles. The van der Waals surface area contributed by atoms with Gasteiger partial charge in [-0.3, -0.25) is 0 Å². The van der Waals surface area contributed by atoms with Crippen LogP contribution in [-0.2, 0) is 13.0 Å². The molecule has 0 radical (unpaired) electrons. The first-order chi connectivity index (χ1) is 6.22. The monoisotopic (exact) mass is 179 g/mol. The first-order valence-electron chi connectivity index (χ1n) is 4.95. The molecule has 0 spiro atoms. The van der Waals surface area contributed by atoms with E-state index >= 15 is 0 Å². The van der Waals surface area contributed by atoms with Crippen LogP contribution >= 0.6 is 0 Å². The molecule has 0 amide bonds. The zero-order chi connectivity index (χ0) is 9.42. The van der Waals surface area contributed by atoms with Gasteiger partial charge in [-0.1, -0.05) is 0 Å². The molecule has 1 unspecified atom stereocenters. The second-order valence-electron chi connectivity index (χ2n) is 3.95. The Morgan fingerprint density at radius 3 is 3.00 bits per heavy atom. The van der Waals surface area contributed by atoms with Gasteiger partial charge in [0.2, 0.25) is 0 Å². The zero-order valence-corrected chi connectivity index (χ0v) is 8.38. The molecule has 0 saturated carbocycles. The number of nitrogens with two attached hydrogens (primary N) is 1. The summed E-state index contributed by atoms with van der Waals surface area (Å²) in [6.45, 7) is 6.09. The minimum atomic E-state index is 0.653. The maximum absolute atomic E-state index is 5.68. The first kappa shape index (κ1) is 8.75. The maximum atomic E-state index is 5.68. The first-order valence-corrected chi connectivity index (χ1v) is 4.95. The molecule has 72 valence electrons. The average molecular weight is 179 g/mol. The molecule has 2 heterocycles. The lowest BCUT2D eigenvalue weighted by molar-refractivity contribution is 0.369. The van der Waals surface area contributed by atoms with Gasteiger partial charge in [0.05, 0.1) is 5.69 Å². The molecule has 1 aliphatic heterocycles. The third-order valence-electron chi connectivity index (χ3n) is 3.09. The lowest BCUT2D eigenvalue weighted by Gasteiger charge is -2.23. The van der Waals surface area contributed by atoms with Crippen molar-refractivity contribution in [1.82, 2.24) is 9.55 Å². The Balaban J connectivity index is 2.32. The van der Waals surface area contributed by atoms with E-state index < -0.39 is 0 Å². The van der Waals surface area contributed by atoms with Crippen molar-refractivity contribution in [2.45, 2.75) is 33.2 Å². The van der Waals surface area contributed by atoms with E-state index in [4.69, 9.17) is 5.73 Å². The SMILES string of the molecule is Cc1nc2n(c1C)CC(CN)CC2. The van der Waals surface area contributed by atoms with Crippen molar-refractivity contribution >= 4 is 0 Å². The summed E-state index contributed by atoms with van der Waals surface area (Å²) in [7, 11) is 0. The van der Waals surface area contributed by atoms with Crippen molar-refractivity contribution < 1.29 is 0 Å². The van der Waals surface area contributed by atoms with Crippen molar-refractivity contribution in [3.8, 4) is 0 Å². The van der Waals surface area contributed by atoms with Gasteiger partial charge in [-0.05, 0) is 32.7 Å². The van der Waals surface area contributed by atoms with Crippen LogP contribution in [0.25, 0.3) is 0 Å². The van der Waals surface area contributed by atoms with E-state index in [-0.39, 0.29) is 0 Å². The van der Waals surface area contributed by atoms with Crippen LogP contribution in [0.3, 0.4) is 0 Å². The highest BCUT2D eigenvalue weighted by molar-refractivity contribution is 5.15. The summed E-state index contributed by atoms with van der Waals surface area (Å²) in [4.78, 5) is 4.54. The van der Waals surface area contributed by atoms with Crippen LogP contribution in [0.15, 0.2) is 0 Å². The molecule has 2 rings (SSSR count). The Kier molecular flexibility index (Phi) is 2.12. The minimum Gasteiger partial charge on any atom is -0.332 e. The number of hydrogen-bond acceptors (Lipinski definition) is 2. The number of imidazole rings is 1. The Hall–Kier alpha value is -0.830. The summed E-state index contributed by atoms with van der Waals surface area (Å²) in [5, 5.41) is 0. The number of aryl methyl sites for hydroxylation is 2. The molecule has 1 atom stereocenters. The van der Waals surface area contributed by atoms with Gasteiger partial charge in [0, 0.05) is 18.7 Å². The number of rotatable bonds is 1. The van der Waals surface area contributed by atoms with Crippen LogP contribution in [0.1, 0.15) is 23.6 Å². The van der Waals surface area contributed by atoms with Crippen LogP contribution in [-0.4, -0.2) is 16.1 Å². The lowest BCUT2D eigenvalue weighted by atomic mass is 10.00. The number of nitrogens with zero attached hydrogens (tertiary/aromatic N) is 2. The van der Waals surface area contributed by atoms with E-state index in [1.54, 1.807) is 0 Å². The number of aromatic nitrogens is 2. The predicted octanol–water partition coefficient (Wildman–Crippen LogP) is 1.02. The van der Waals surface area contributed by atoms with Crippen LogP contribution in [0.2, 0.25) is 0 Å². The third-order valence-corrected chi connectivity index (χ3v) is 3.09. The normalized spacial score (nSPS) is 21.6. The van der Waals surface area contributed by atoms with E-state index in [9.17, 15) is 0 Å². The predicted molar refractivity (Wildman–Crippen MR) is 52.6 cm³/mol. The van der Waals surface area contributed by atoms with Crippen molar-refractivity contribution in [2.24, 2.45) is 11.7 Å². The van der Waals surface area contributed by atoms with Crippen molar-refractivity contribution in [2.75, 3.05) is 6.54 Å². The molecule has 2 N–H and O–H groups in total. The zero-order valence-electron chi connectivity index (χ0n) is 8.38. The van der Waals surface area contributed by atoms with E-state index in [0.29, 0.717) is 5.92 Å². The largest absolute Gasteiger partial charge is 0.332 e. The summed E-state index contributed by atoms with van der Waals surface area (Å²) in [6.07, 6.45) is 2.29. The fraction of sp³-hybridized carbons (Fsp3) is 0.700. The quantitative estimate of drug-likeness (QED) is 0.699. The molecule has 1 aliphatic rings. The third kappa shape index (κ3) is 1.37. The van der Waals surface area contributed by atoms with Gasteiger partial charge in [0.1, 0.15) is 5.82 Å². The van der Waals surface area contributed by atoms with Gasteiger partial charge in [-0.15, -0.1) is 0 Å². The van der Waals surface area contributed by atoms with Gasteiger partial charge >= 0.3 is 0 Å². The van der Waals surface area contributed by atoms with E-state index in [0.717, 1.165) is 19.5 Å². The van der Waals surface area contributed by atoms with Crippen molar-refractivity contribution in [1.29, 1.82) is 0 Å². The topological polar surface area (TPSA) is 43.8 Å². The van der Waals surface area contributed by atoms with E-state index in [2.05, 4.69) is 23.4 Å². The van der Waals surface area contributed by atoms with Gasteiger partial charge in [0.25, 0.3) is 0 Å². The van der Waals surface area contributed by atoms with Gasteiger partial charge < -0.3 is 10.3 Å². The molecule has 0 bridgehead atoms. The molecule has 3 heteroatoms. The highest BCUT2D eigenvalue weighted by atomic mass is 15.1. The second kappa shape index (κ2) is 3.14. The van der Waals surface area contributed by atoms with Crippen LogP contribution < -0.4 is 5.73 Å². The maximum Gasteiger partial charge on any atom is 0.109 e. The molecule has 1 aromatic heterocycles.